The number of ether oxygens (including phenoxy) is 1. The number of carboxylic acids is 1. The fraction of sp³-hybridized carbons (Fsp3) is 0.778. The van der Waals surface area contributed by atoms with Crippen LogP contribution in [-0.2, 0) is 14.3 Å². The number of hydrogen-bond acceptors (Lipinski definition) is 4. The fourth-order valence-electron chi connectivity index (χ4n) is 0.807. The van der Waals surface area contributed by atoms with Gasteiger partial charge in [0.05, 0.1) is 13.0 Å². The first-order valence-electron chi connectivity index (χ1n) is 4.72. The minimum Gasteiger partial charge on any atom is -0.481 e. The summed E-state index contributed by atoms with van der Waals surface area (Å²) in [5.41, 5.74) is 0. The number of hydrogen-bond donors (Lipinski definition) is 2. The van der Waals surface area contributed by atoms with E-state index in [-0.39, 0.29) is 12.3 Å². The summed E-state index contributed by atoms with van der Waals surface area (Å²) in [6, 6.07) is 0. The van der Waals surface area contributed by atoms with E-state index in [1.165, 1.54) is 11.8 Å². The summed E-state index contributed by atoms with van der Waals surface area (Å²) in [6.07, 6.45) is 0.540. The van der Waals surface area contributed by atoms with Crippen LogP contribution in [0, 0.1) is 0 Å². The first-order chi connectivity index (χ1) is 7.16. The van der Waals surface area contributed by atoms with Crippen molar-refractivity contribution in [2.24, 2.45) is 0 Å². The number of carbonyl (C=O) groups is 2. The van der Waals surface area contributed by atoms with Crippen LogP contribution in [0.25, 0.3) is 0 Å². The highest BCUT2D eigenvalue weighted by molar-refractivity contribution is 7.99. The van der Waals surface area contributed by atoms with Gasteiger partial charge in [0, 0.05) is 31.6 Å². The molecule has 0 aromatic carbocycles. The number of nitrogens with one attached hydrogen (secondary N) is 1. The van der Waals surface area contributed by atoms with Gasteiger partial charge in [-0.1, -0.05) is 0 Å². The lowest BCUT2D eigenvalue weighted by atomic mass is 10.4. The molecular formula is C9H17NO4S. The Morgan fingerprint density at radius 3 is 2.67 bits per heavy atom. The molecule has 0 aliphatic heterocycles. The van der Waals surface area contributed by atoms with Gasteiger partial charge in [0.2, 0.25) is 5.91 Å². The van der Waals surface area contributed by atoms with Gasteiger partial charge in [-0.25, -0.2) is 0 Å². The van der Waals surface area contributed by atoms with Crippen LogP contribution >= 0.6 is 11.8 Å². The second-order valence-electron chi connectivity index (χ2n) is 2.85. The van der Waals surface area contributed by atoms with Crippen molar-refractivity contribution in [3.8, 4) is 0 Å². The molecule has 6 heteroatoms. The maximum atomic E-state index is 11.0. The van der Waals surface area contributed by atoms with Gasteiger partial charge in [-0.2, -0.15) is 11.8 Å². The third kappa shape index (κ3) is 11.2. The first-order valence-corrected chi connectivity index (χ1v) is 5.87. The molecule has 0 aliphatic rings. The molecule has 15 heavy (non-hydrogen) atoms. The summed E-state index contributed by atoms with van der Waals surface area (Å²) in [4.78, 5) is 21.2. The van der Waals surface area contributed by atoms with E-state index in [1.807, 2.05) is 0 Å². The van der Waals surface area contributed by atoms with Crippen molar-refractivity contribution in [1.29, 1.82) is 0 Å². The maximum absolute atomic E-state index is 11.0. The zero-order valence-corrected chi connectivity index (χ0v) is 9.64. The molecule has 0 spiro atoms. The summed E-state index contributed by atoms with van der Waals surface area (Å²) in [6.45, 7) is 1.00. The van der Waals surface area contributed by atoms with Gasteiger partial charge in [0.1, 0.15) is 0 Å². The van der Waals surface area contributed by atoms with Crippen molar-refractivity contribution in [3.63, 3.8) is 0 Å². The summed E-state index contributed by atoms with van der Waals surface area (Å²) in [5.74, 6) is 0.511. The Balaban J connectivity index is 3.16. The van der Waals surface area contributed by atoms with Crippen molar-refractivity contribution in [3.05, 3.63) is 0 Å². The van der Waals surface area contributed by atoms with E-state index in [9.17, 15) is 9.59 Å². The molecular weight excluding hydrogens is 218 g/mol. The zero-order valence-electron chi connectivity index (χ0n) is 8.82. The molecule has 0 rings (SSSR count). The maximum Gasteiger partial charge on any atom is 0.304 e. The highest BCUT2D eigenvalue weighted by atomic mass is 32.2. The van der Waals surface area contributed by atoms with E-state index in [0.717, 1.165) is 5.75 Å². The van der Waals surface area contributed by atoms with Crippen LogP contribution in [0.2, 0.25) is 0 Å². The van der Waals surface area contributed by atoms with E-state index in [2.05, 4.69) is 5.32 Å². The molecule has 0 aromatic rings. The van der Waals surface area contributed by atoms with Crippen molar-refractivity contribution in [1.82, 2.24) is 5.32 Å². The molecule has 0 atom stereocenters. The van der Waals surface area contributed by atoms with E-state index >= 15 is 0 Å². The molecule has 0 radical (unpaired) electrons. The molecule has 0 bridgehead atoms. The number of carboxylic acid groups (broad SMARTS) is 1. The predicted octanol–water partition coefficient (Wildman–Crippen LogP) is 0.347. The highest BCUT2D eigenvalue weighted by Gasteiger charge is 2.00. The van der Waals surface area contributed by atoms with E-state index < -0.39 is 5.97 Å². The molecule has 0 unspecified atom stereocenters. The number of amides is 1. The molecule has 0 heterocycles. The van der Waals surface area contributed by atoms with Crippen LogP contribution in [-0.4, -0.2) is 48.8 Å². The molecule has 1 amide bonds. The van der Waals surface area contributed by atoms with E-state index in [4.69, 9.17) is 9.84 Å². The Morgan fingerprint density at radius 1 is 1.33 bits per heavy atom. The van der Waals surface area contributed by atoms with Gasteiger partial charge < -0.3 is 15.2 Å². The number of thioether (sulfide) groups is 1. The minimum absolute atomic E-state index is 0.0318. The SMILES string of the molecule is COCCC(=O)NCCSCCC(=O)O. The van der Waals surface area contributed by atoms with Crippen molar-refractivity contribution >= 4 is 23.6 Å². The normalized spacial score (nSPS) is 9.93. The largest absolute Gasteiger partial charge is 0.481 e. The van der Waals surface area contributed by atoms with Gasteiger partial charge in [-0.05, 0) is 0 Å². The van der Waals surface area contributed by atoms with Crippen LogP contribution in [0.1, 0.15) is 12.8 Å². The lowest BCUT2D eigenvalue weighted by Crippen LogP contribution is -2.26. The van der Waals surface area contributed by atoms with Crippen molar-refractivity contribution in [2.75, 3.05) is 31.8 Å². The summed E-state index contributed by atoms with van der Waals surface area (Å²) >= 11 is 1.52. The molecule has 0 aliphatic carbocycles. The molecule has 0 aromatic heterocycles. The van der Waals surface area contributed by atoms with Gasteiger partial charge in [0.15, 0.2) is 0 Å². The van der Waals surface area contributed by atoms with Gasteiger partial charge in [0.25, 0.3) is 0 Å². The van der Waals surface area contributed by atoms with Gasteiger partial charge in [-0.3, -0.25) is 9.59 Å². The third-order valence-corrected chi connectivity index (χ3v) is 2.55. The van der Waals surface area contributed by atoms with Crippen LogP contribution in [0.3, 0.4) is 0 Å². The highest BCUT2D eigenvalue weighted by Crippen LogP contribution is 2.00. The second kappa shape index (κ2) is 9.79. The zero-order chi connectivity index (χ0) is 11.5. The lowest BCUT2D eigenvalue weighted by Gasteiger charge is -2.03. The molecule has 0 fully saturated rings. The summed E-state index contributed by atoms with van der Waals surface area (Å²) in [5, 5.41) is 11.1. The minimum atomic E-state index is -0.786. The van der Waals surface area contributed by atoms with Crippen LogP contribution in [0.4, 0.5) is 0 Å². The van der Waals surface area contributed by atoms with Crippen LogP contribution in [0.15, 0.2) is 0 Å². The Labute approximate surface area is 93.6 Å². The number of aliphatic carboxylic acids is 1. The average Bonchev–Trinajstić information content (AvgIpc) is 2.19. The molecule has 2 N–H and O–H groups in total. The van der Waals surface area contributed by atoms with Crippen molar-refractivity contribution < 1.29 is 19.4 Å². The van der Waals surface area contributed by atoms with Crippen LogP contribution in [0.5, 0.6) is 0 Å². The predicted molar refractivity (Wildman–Crippen MR) is 59.1 cm³/mol. The van der Waals surface area contributed by atoms with Crippen LogP contribution < -0.4 is 5.32 Å². The Morgan fingerprint density at radius 2 is 2.07 bits per heavy atom. The number of rotatable bonds is 9. The number of methoxy groups -OCH3 is 1. The quantitative estimate of drug-likeness (QED) is 0.564. The Hall–Kier alpha value is -0.750. The monoisotopic (exact) mass is 235 g/mol. The molecule has 88 valence electrons. The molecule has 0 saturated carbocycles. The average molecular weight is 235 g/mol. The topological polar surface area (TPSA) is 75.6 Å². The first kappa shape index (κ1) is 14.2. The van der Waals surface area contributed by atoms with Gasteiger partial charge >= 0.3 is 5.97 Å². The molecule has 0 saturated heterocycles. The second-order valence-corrected chi connectivity index (χ2v) is 4.07. The third-order valence-electron chi connectivity index (χ3n) is 1.56. The van der Waals surface area contributed by atoms with Crippen molar-refractivity contribution in [2.45, 2.75) is 12.8 Å². The molecule has 5 nitrogen and oxygen atoms in total. The number of carbonyl (C=O) groups excluding carboxylic acids is 1. The fourth-order valence-corrected chi connectivity index (χ4v) is 1.58. The summed E-state index contributed by atoms with van der Waals surface area (Å²) < 4.78 is 4.75. The Kier molecular flexibility index (Phi) is 9.30. The van der Waals surface area contributed by atoms with E-state index in [1.54, 1.807) is 7.11 Å². The summed E-state index contributed by atoms with van der Waals surface area (Å²) in [7, 11) is 1.55. The van der Waals surface area contributed by atoms with Gasteiger partial charge in [-0.15, -0.1) is 0 Å². The standard InChI is InChI=1S/C9H17NO4S/c1-14-5-2-8(11)10-4-7-15-6-3-9(12)13/h2-7H2,1H3,(H,10,11)(H,12,13). The Bertz CT molecular complexity index is 199. The lowest BCUT2D eigenvalue weighted by molar-refractivity contribution is -0.136. The van der Waals surface area contributed by atoms with E-state index in [0.29, 0.717) is 25.3 Å². The smallest absolute Gasteiger partial charge is 0.304 e.